The molecular formula is C26H26ClFN6O3. The van der Waals surface area contributed by atoms with Gasteiger partial charge in [-0.2, -0.15) is 0 Å². The summed E-state index contributed by atoms with van der Waals surface area (Å²) in [5.74, 6) is 1.79. The molecule has 3 aromatic heterocycles. The van der Waals surface area contributed by atoms with Gasteiger partial charge < -0.3 is 24.6 Å². The van der Waals surface area contributed by atoms with Gasteiger partial charge in [-0.25, -0.2) is 14.4 Å². The molecule has 4 heterocycles. The Morgan fingerprint density at radius 3 is 2.81 bits per heavy atom. The number of aryl methyl sites for hydroxylation is 2. The van der Waals surface area contributed by atoms with Crippen LogP contribution in [-0.2, 0) is 13.1 Å². The predicted molar refractivity (Wildman–Crippen MR) is 137 cm³/mol. The van der Waals surface area contributed by atoms with Crippen LogP contribution < -0.4 is 15.0 Å². The SMILES string of the molecule is CNC[C@@H](O)COc1ccc(Cl)c(-c2nc(-c3c(C)noc3C)cc(N3Cc4cc(F)cnc4C3)n2)c1. The molecule has 0 radical (unpaired) electrons. The first-order valence-electron chi connectivity index (χ1n) is 11.8. The fraction of sp³-hybridized carbons (Fsp3) is 0.308. The Labute approximate surface area is 218 Å². The number of fused-ring (bicyclic) bond motifs is 1. The highest BCUT2D eigenvalue weighted by Crippen LogP contribution is 2.36. The molecule has 5 rings (SSSR count). The second-order valence-corrected chi connectivity index (χ2v) is 9.32. The Morgan fingerprint density at radius 1 is 1.22 bits per heavy atom. The molecule has 1 aliphatic rings. The van der Waals surface area contributed by atoms with Gasteiger partial charge in [-0.15, -0.1) is 0 Å². The molecule has 0 unspecified atom stereocenters. The van der Waals surface area contributed by atoms with Gasteiger partial charge in [0.15, 0.2) is 5.82 Å². The minimum atomic E-state index is -0.662. The summed E-state index contributed by atoms with van der Waals surface area (Å²) in [6.45, 7) is 5.13. The van der Waals surface area contributed by atoms with E-state index in [0.717, 1.165) is 16.8 Å². The Bertz CT molecular complexity index is 1430. The molecule has 2 N–H and O–H groups in total. The minimum absolute atomic E-state index is 0.114. The average Bonchev–Trinajstić information content (AvgIpc) is 3.45. The van der Waals surface area contributed by atoms with E-state index in [1.165, 1.54) is 12.3 Å². The number of ether oxygens (including phenoxy) is 1. The quantitative estimate of drug-likeness (QED) is 0.352. The summed E-state index contributed by atoms with van der Waals surface area (Å²) >= 11 is 6.59. The van der Waals surface area contributed by atoms with Crippen LogP contribution in [0, 0.1) is 19.7 Å². The highest BCUT2D eigenvalue weighted by Gasteiger charge is 2.25. The van der Waals surface area contributed by atoms with Gasteiger partial charge in [0.2, 0.25) is 0 Å². The van der Waals surface area contributed by atoms with Crippen molar-refractivity contribution in [2.45, 2.75) is 33.0 Å². The van der Waals surface area contributed by atoms with E-state index >= 15 is 0 Å². The predicted octanol–water partition coefficient (Wildman–Crippen LogP) is 4.08. The Morgan fingerprint density at radius 2 is 2.05 bits per heavy atom. The van der Waals surface area contributed by atoms with E-state index in [4.69, 9.17) is 30.8 Å². The zero-order valence-corrected chi connectivity index (χ0v) is 21.4. The van der Waals surface area contributed by atoms with Gasteiger partial charge in [0.05, 0.1) is 40.4 Å². The van der Waals surface area contributed by atoms with Crippen molar-refractivity contribution in [2.75, 3.05) is 25.1 Å². The summed E-state index contributed by atoms with van der Waals surface area (Å²) in [7, 11) is 1.76. The van der Waals surface area contributed by atoms with Crippen molar-refractivity contribution in [3.63, 3.8) is 0 Å². The van der Waals surface area contributed by atoms with Crippen molar-refractivity contribution in [1.82, 2.24) is 25.4 Å². The first-order valence-corrected chi connectivity index (χ1v) is 12.2. The second kappa shape index (κ2) is 10.4. The summed E-state index contributed by atoms with van der Waals surface area (Å²) in [5.41, 5.74) is 4.27. The van der Waals surface area contributed by atoms with Crippen molar-refractivity contribution < 1.29 is 18.8 Å². The molecule has 0 aliphatic carbocycles. The molecule has 0 bridgehead atoms. The number of aromatic nitrogens is 4. The maximum absolute atomic E-state index is 13.8. The third-order valence-corrected chi connectivity index (χ3v) is 6.44. The molecular weight excluding hydrogens is 499 g/mol. The summed E-state index contributed by atoms with van der Waals surface area (Å²) in [6.07, 6.45) is 0.562. The van der Waals surface area contributed by atoms with Gasteiger partial charge >= 0.3 is 0 Å². The van der Waals surface area contributed by atoms with E-state index in [-0.39, 0.29) is 12.4 Å². The molecule has 1 aromatic carbocycles. The number of halogens is 2. The highest BCUT2D eigenvalue weighted by molar-refractivity contribution is 6.33. The van der Waals surface area contributed by atoms with E-state index in [2.05, 4.69) is 15.5 Å². The number of nitrogens with one attached hydrogen (secondary N) is 1. The van der Waals surface area contributed by atoms with E-state index in [1.807, 2.05) is 24.8 Å². The zero-order valence-electron chi connectivity index (χ0n) is 20.6. The molecule has 192 valence electrons. The Balaban J connectivity index is 1.56. The van der Waals surface area contributed by atoms with Crippen LogP contribution in [0.3, 0.4) is 0 Å². The van der Waals surface area contributed by atoms with Gasteiger partial charge in [0.25, 0.3) is 0 Å². The van der Waals surface area contributed by atoms with Crippen LogP contribution in [-0.4, -0.2) is 51.5 Å². The molecule has 4 aromatic rings. The van der Waals surface area contributed by atoms with Gasteiger partial charge in [-0.05, 0) is 50.7 Å². The standard InChI is InChI=1S/C26H26ClFN6O3/c1-14-25(15(2)37-33-14)22-8-24(34-11-16-6-17(28)9-30-23(16)12-34)32-26(31-22)20-7-19(4-5-21(20)27)36-13-18(35)10-29-3/h4-9,18,29,35H,10-13H2,1-3H3/t18-/m1/s1. The monoisotopic (exact) mass is 524 g/mol. The maximum atomic E-state index is 13.8. The van der Waals surface area contributed by atoms with Crippen molar-refractivity contribution in [3.8, 4) is 28.4 Å². The van der Waals surface area contributed by atoms with E-state index < -0.39 is 6.10 Å². The van der Waals surface area contributed by atoms with Crippen molar-refractivity contribution in [2.24, 2.45) is 0 Å². The topological polar surface area (TPSA) is 109 Å². The molecule has 0 saturated heterocycles. The molecule has 0 fully saturated rings. The maximum Gasteiger partial charge on any atom is 0.163 e. The van der Waals surface area contributed by atoms with E-state index in [9.17, 15) is 9.50 Å². The number of anilines is 1. The van der Waals surface area contributed by atoms with Crippen LogP contribution in [0.5, 0.6) is 5.75 Å². The van der Waals surface area contributed by atoms with Crippen LogP contribution >= 0.6 is 11.6 Å². The number of likely N-dealkylation sites (N-methyl/N-ethyl adjacent to an activating group) is 1. The fourth-order valence-corrected chi connectivity index (χ4v) is 4.54. The number of hydrogen-bond acceptors (Lipinski definition) is 9. The number of aliphatic hydroxyl groups is 1. The van der Waals surface area contributed by atoms with E-state index in [0.29, 0.717) is 64.8 Å². The summed E-state index contributed by atoms with van der Waals surface area (Å²) in [4.78, 5) is 15.9. The molecule has 0 spiro atoms. The number of aliphatic hydroxyl groups excluding tert-OH is 1. The van der Waals surface area contributed by atoms with E-state index in [1.54, 1.807) is 25.2 Å². The van der Waals surface area contributed by atoms with Gasteiger partial charge in [-0.3, -0.25) is 4.98 Å². The smallest absolute Gasteiger partial charge is 0.163 e. The van der Waals surface area contributed by atoms with Crippen LogP contribution in [0.1, 0.15) is 22.7 Å². The summed E-state index contributed by atoms with van der Waals surface area (Å²) in [5, 5.41) is 17.4. The largest absolute Gasteiger partial charge is 0.491 e. The Hall–Kier alpha value is -3.60. The molecule has 1 aliphatic heterocycles. The normalized spacial score (nSPS) is 13.6. The van der Waals surface area contributed by atoms with Gasteiger partial charge in [-0.1, -0.05) is 16.8 Å². The summed E-state index contributed by atoms with van der Waals surface area (Å²) in [6, 6.07) is 8.55. The molecule has 9 nitrogen and oxygen atoms in total. The lowest BCUT2D eigenvalue weighted by Gasteiger charge is -2.19. The molecule has 0 amide bonds. The number of rotatable bonds is 8. The van der Waals surface area contributed by atoms with Gasteiger partial charge in [0, 0.05) is 24.7 Å². The lowest BCUT2D eigenvalue weighted by Crippen LogP contribution is -2.29. The van der Waals surface area contributed by atoms with Crippen molar-refractivity contribution in [3.05, 3.63) is 70.1 Å². The summed E-state index contributed by atoms with van der Waals surface area (Å²) < 4.78 is 25.0. The van der Waals surface area contributed by atoms with Crippen LogP contribution in [0.15, 0.2) is 41.1 Å². The van der Waals surface area contributed by atoms with Crippen LogP contribution in [0.2, 0.25) is 5.02 Å². The number of nitrogens with zero attached hydrogens (tertiary/aromatic N) is 5. The Kier molecular flexibility index (Phi) is 7.05. The average molecular weight is 525 g/mol. The van der Waals surface area contributed by atoms with Crippen molar-refractivity contribution >= 4 is 17.4 Å². The second-order valence-electron chi connectivity index (χ2n) is 8.91. The molecule has 1 atom stereocenters. The lowest BCUT2D eigenvalue weighted by atomic mass is 10.1. The molecule has 11 heteroatoms. The zero-order chi connectivity index (χ0) is 26.1. The molecule has 0 saturated carbocycles. The fourth-order valence-electron chi connectivity index (χ4n) is 4.34. The first kappa shape index (κ1) is 25.1. The number of benzene rings is 1. The minimum Gasteiger partial charge on any atom is -0.491 e. The third-order valence-electron chi connectivity index (χ3n) is 6.12. The molecule has 37 heavy (non-hydrogen) atoms. The highest BCUT2D eigenvalue weighted by atomic mass is 35.5. The number of pyridine rings is 1. The van der Waals surface area contributed by atoms with Crippen LogP contribution in [0.25, 0.3) is 22.6 Å². The number of hydrogen-bond donors (Lipinski definition) is 2. The lowest BCUT2D eigenvalue weighted by molar-refractivity contribution is 0.108. The van der Waals surface area contributed by atoms with Crippen LogP contribution in [0.4, 0.5) is 10.2 Å². The third kappa shape index (κ3) is 5.27. The van der Waals surface area contributed by atoms with Gasteiger partial charge in [0.1, 0.15) is 35.9 Å². The first-order chi connectivity index (χ1) is 17.8. The van der Waals surface area contributed by atoms with Crippen molar-refractivity contribution in [1.29, 1.82) is 0 Å².